The monoisotopic (exact) mass is 398 g/mol. The van der Waals surface area contributed by atoms with E-state index in [1.807, 2.05) is 12.1 Å². The maximum atomic E-state index is 12.4. The molecule has 2 aliphatic rings. The Morgan fingerprint density at radius 3 is 2.82 bits per heavy atom. The fourth-order valence-electron chi connectivity index (χ4n) is 3.39. The van der Waals surface area contributed by atoms with E-state index in [9.17, 15) is 4.39 Å². The van der Waals surface area contributed by atoms with Gasteiger partial charge in [-0.1, -0.05) is 37.2 Å². The standard InChI is InChI=1S/C15H16ClN.C5H4FN5/c1-3-12-9-11-5-4-6-14(16)15(11)10(2)17(12)13-7-8-13;6-5-10-2-3(7)8-1-9-4(2)11-5/h4-6,9,13H,2-3,7-8H2,1H3;1H,(H3,7,8,9,10,11). The molecule has 2 aromatic heterocycles. The highest BCUT2D eigenvalue weighted by Crippen LogP contribution is 2.43. The average Bonchev–Trinajstić information content (AvgIpc) is 3.42. The number of nitrogen functional groups attached to an aromatic ring is 1. The number of H-pyrrole nitrogens is 1. The first kappa shape index (κ1) is 18.4. The van der Waals surface area contributed by atoms with Crippen molar-refractivity contribution in [1.82, 2.24) is 24.8 Å². The molecule has 0 saturated heterocycles. The molecular formula is C20H20ClFN6. The third-order valence-electron chi connectivity index (χ3n) is 4.82. The van der Waals surface area contributed by atoms with Crippen molar-refractivity contribution in [3.8, 4) is 0 Å². The molecule has 8 heteroatoms. The van der Waals surface area contributed by atoms with Crippen LogP contribution < -0.4 is 5.73 Å². The van der Waals surface area contributed by atoms with Crippen LogP contribution in [0.3, 0.4) is 0 Å². The minimum absolute atomic E-state index is 0.200. The molecule has 1 aromatic carbocycles. The van der Waals surface area contributed by atoms with E-state index in [2.05, 4.69) is 50.5 Å². The van der Waals surface area contributed by atoms with Crippen molar-refractivity contribution >= 4 is 40.4 Å². The van der Waals surface area contributed by atoms with Crippen LogP contribution in [0, 0.1) is 6.08 Å². The van der Waals surface area contributed by atoms with Crippen LogP contribution in [-0.4, -0.2) is 30.9 Å². The fourth-order valence-corrected chi connectivity index (χ4v) is 3.68. The number of imidazole rings is 1. The second-order valence-corrected chi connectivity index (χ2v) is 7.13. The Kier molecular flexibility index (Phi) is 4.77. The Morgan fingerprint density at radius 2 is 2.14 bits per heavy atom. The quantitative estimate of drug-likeness (QED) is 0.615. The molecule has 144 valence electrons. The maximum Gasteiger partial charge on any atom is 0.289 e. The van der Waals surface area contributed by atoms with Crippen molar-refractivity contribution in [2.24, 2.45) is 0 Å². The first-order valence-electron chi connectivity index (χ1n) is 9.08. The molecule has 1 aliphatic heterocycles. The number of aromatic amines is 1. The predicted octanol–water partition coefficient (Wildman–Crippen LogP) is 4.61. The van der Waals surface area contributed by atoms with Crippen LogP contribution in [0.5, 0.6) is 0 Å². The molecule has 1 fully saturated rings. The molecule has 3 N–H and O–H groups in total. The number of fused-ring (bicyclic) bond motifs is 2. The van der Waals surface area contributed by atoms with Gasteiger partial charge in [0.05, 0.1) is 5.02 Å². The SMILES string of the molecule is C=C1c2c(Cl)cccc2C=C(CC)N1C1CC1.Nc1ncnc2nc(F)[nH]c12. The van der Waals surface area contributed by atoms with Gasteiger partial charge in [0, 0.05) is 23.0 Å². The van der Waals surface area contributed by atoms with Crippen molar-refractivity contribution in [2.45, 2.75) is 32.2 Å². The second kappa shape index (κ2) is 7.24. The summed E-state index contributed by atoms with van der Waals surface area (Å²) in [5.74, 6) is 0.200. The van der Waals surface area contributed by atoms with E-state index < -0.39 is 6.08 Å². The van der Waals surface area contributed by atoms with Crippen LogP contribution in [-0.2, 0) is 0 Å². The number of halogens is 2. The zero-order chi connectivity index (χ0) is 19.8. The number of nitrogens with zero attached hydrogens (tertiary/aromatic N) is 4. The molecule has 1 aliphatic carbocycles. The van der Waals surface area contributed by atoms with Crippen LogP contribution in [0.4, 0.5) is 10.2 Å². The largest absolute Gasteiger partial charge is 0.382 e. The summed E-state index contributed by atoms with van der Waals surface area (Å²) < 4.78 is 12.4. The highest BCUT2D eigenvalue weighted by atomic mass is 35.5. The van der Waals surface area contributed by atoms with E-state index >= 15 is 0 Å². The lowest BCUT2D eigenvalue weighted by Gasteiger charge is -2.34. The Morgan fingerprint density at radius 1 is 1.36 bits per heavy atom. The molecule has 28 heavy (non-hydrogen) atoms. The molecule has 5 rings (SSSR count). The van der Waals surface area contributed by atoms with Crippen molar-refractivity contribution in [2.75, 3.05) is 5.73 Å². The second-order valence-electron chi connectivity index (χ2n) is 6.73. The topological polar surface area (TPSA) is 83.7 Å². The molecule has 0 spiro atoms. The van der Waals surface area contributed by atoms with Gasteiger partial charge >= 0.3 is 0 Å². The minimum atomic E-state index is -0.702. The Balaban J connectivity index is 0.000000151. The lowest BCUT2D eigenvalue weighted by Crippen LogP contribution is -2.26. The summed E-state index contributed by atoms with van der Waals surface area (Å²) in [5.41, 5.74) is 10.7. The number of aromatic nitrogens is 4. The van der Waals surface area contributed by atoms with E-state index in [4.69, 9.17) is 17.3 Å². The zero-order valence-corrected chi connectivity index (χ0v) is 16.2. The number of benzene rings is 1. The fraction of sp³-hybridized carbons (Fsp3) is 0.250. The first-order chi connectivity index (χ1) is 13.5. The third kappa shape index (κ3) is 3.33. The van der Waals surface area contributed by atoms with Crippen molar-refractivity contribution in [3.05, 3.63) is 59.0 Å². The number of nitrogens with two attached hydrogens (primary N) is 1. The predicted molar refractivity (Wildman–Crippen MR) is 110 cm³/mol. The molecule has 3 heterocycles. The maximum absolute atomic E-state index is 12.4. The summed E-state index contributed by atoms with van der Waals surface area (Å²) in [6.45, 7) is 6.46. The summed E-state index contributed by atoms with van der Waals surface area (Å²) in [4.78, 5) is 15.4. The third-order valence-corrected chi connectivity index (χ3v) is 5.13. The number of hydrogen-bond donors (Lipinski definition) is 2. The molecule has 3 aromatic rings. The van der Waals surface area contributed by atoms with E-state index in [0.717, 1.165) is 22.7 Å². The highest BCUT2D eigenvalue weighted by Gasteiger charge is 2.35. The first-order valence-corrected chi connectivity index (χ1v) is 9.46. The summed E-state index contributed by atoms with van der Waals surface area (Å²) in [6, 6.07) is 6.72. The number of allylic oxidation sites excluding steroid dienone is 1. The van der Waals surface area contributed by atoms with Gasteiger partial charge in [-0.3, -0.25) is 0 Å². The van der Waals surface area contributed by atoms with E-state index in [1.54, 1.807) is 0 Å². The molecule has 0 unspecified atom stereocenters. The molecule has 6 nitrogen and oxygen atoms in total. The van der Waals surface area contributed by atoms with Crippen LogP contribution in [0.1, 0.15) is 37.3 Å². The summed E-state index contributed by atoms with van der Waals surface area (Å²) in [5, 5.41) is 0.810. The Bertz CT molecular complexity index is 1090. The molecule has 0 atom stereocenters. The van der Waals surface area contributed by atoms with E-state index in [1.165, 1.54) is 30.4 Å². The van der Waals surface area contributed by atoms with Crippen molar-refractivity contribution < 1.29 is 4.39 Å². The smallest absolute Gasteiger partial charge is 0.289 e. The van der Waals surface area contributed by atoms with Gasteiger partial charge in [0.15, 0.2) is 11.5 Å². The molecule has 0 radical (unpaired) electrons. The van der Waals surface area contributed by atoms with Gasteiger partial charge in [-0.15, -0.1) is 0 Å². The van der Waals surface area contributed by atoms with Crippen LogP contribution in [0.25, 0.3) is 22.9 Å². The van der Waals surface area contributed by atoms with Gasteiger partial charge in [0.1, 0.15) is 11.8 Å². The Labute approximate surface area is 167 Å². The summed E-state index contributed by atoms with van der Waals surface area (Å²) in [6.07, 6.45) is 6.38. The van der Waals surface area contributed by atoms with Gasteiger partial charge in [0.2, 0.25) is 0 Å². The number of anilines is 1. The van der Waals surface area contributed by atoms with Crippen LogP contribution in [0.15, 0.2) is 36.8 Å². The summed E-state index contributed by atoms with van der Waals surface area (Å²) >= 11 is 6.30. The zero-order valence-electron chi connectivity index (χ0n) is 15.4. The van der Waals surface area contributed by atoms with Gasteiger partial charge in [-0.05, 0) is 37.0 Å². The lowest BCUT2D eigenvalue weighted by molar-refractivity contribution is 0.465. The van der Waals surface area contributed by atoms with E-state index in [0.29, 0.717) is 11.6 Å². The molecule has 1 saturated carbocycles. The Hall–Kier alpha value is -2.93. The van der Waals surface area contributed by atoms with Gasteiger partial charge < -0.3 is 15.6 Å². The average molecular weight is 399 g/mol. The normalized spacial score (nSPS) is 15.8. The molecule has 0 bridgehead atoms. The van der Waals surface area contributed by atoms with Crippen molar-refractivity contribution in [1.29, 1.82) is 0 Å². The number of nitrogens with one attached hydrogen (secondary N) is 1. The summed E-state index contributed by atoms with van der Waals surface area (Å²) in [7, 11) is 0. The number of hydrogen-bond acceptors (Lipinski definition) is 5. The van der Waals surface area contributed by atoms with Crippen LogP contribution in [0.2, 0.25) is 5.02 Å². The van der Waals surface area contributed by atoms with Gasteiger partial charge in [-0.25, -0.2) is 9.97 Å². The van der Waals surface area contributed by atoms with Gasteiger partial charge in [-0.2, -0.15) is 9.37 Å². The molecular weight excluding hydrogens is 379 g/mol. The lowest BCUT2D eigenvalue weighted by atomic mass is 9.97. The van der Waals surface area contributed by atoms with Crippen LogP contribution >= 0.6 is 11.6 Å². The molecule has 0 amide bonds. The number of rotatable bonds is 2. The van der Waals surface area contributed by atoms with Crippen molar-refractivity contribution in [3.63, 3.8) is 0 Å². The minimum Gasteiger partial charge on any atom is -0.382 e. The highest BCUT2D eigenvalue weighted by molar-refractivity contribution is 6.32. The van der Waals surface area contributed by atoms with E-state index in [-0.39, 0.29) is 11.5 Å². The van der Waals surface area contributed by atoms with Gasteiger partial charge in [0.25, 0.3) is 6.08 Å².